The summed E-state index contributed by atoms with van der Waals surface area (Å²) in [5.74, 6) is -1.46. The predicted octanol–water partition coefficient (Wildman–Crippen LogP) is 4.42. The normalized spacial score (nSPS) is 11.6. The molecular formula is C41H53N5O10. The fraction of sp³-hybridized carbons (Fsp3) is 0.415. The summed E-state index contributed by atoms with van der Waals surface area (Å²) < 4.78 is 15.8. The van der Waals surface area contributed by atoms with Crippen LogP contribution in [0, 0.1) is 0 Å². The molecule has 6 N–H and O–H groups in total. The van der Waals surface area contributed by atoms with E-state index in [1.807, 2.05) is 78.9 Å². The zero-order chi connectivity index (χ0) is 40.2. The minimum atomic E-state index is -1.08. The van der Waals surface area contributed by atoms with Gasteiger partial charge in [0.15, 0.2) is 5.78 Å². The van der Waals surface area contributed by atoms with Crippen LogP contribution in [0.15, 0.2) is 91.0 Å². The van der Waals surface area contributed by atoms with Gasteiger partial charge in [0.2, 0.25) is 11.8 Å². The number of hydrogen-bond acceptors (Lipinski definition) is 10. The average molecular weight is 776 g/mol. The monoisotopic (exact) mass is 775 g/mol. The van der Waals surface area contributed by atoms with Crippen LogP contribution in [0.3, 0.4) is 0 Å². The molecule has 0 radical (unpaired) electrons. The van der Waals surface area contributed by atoms with Crippen LogP contribution in [-0.4, -0.2) is 79.3 Å². The molecule has 2 unspecified atom stereocenters. The van der Waals surface area contributed by atoms with E-state index in [2.05, 4.69) is 26.6 Å². The maximum atomic E-state index is 13.7. The van der Waals surface area contributed by atoms with E-state index >= 15 is 0 Å². The summed E-state index contributed by atoms with van der Waals surface area (Å²) in [5, 5.41) is 22.4. The maximum Gasteiger partial charge on any atom is 0.408 e. The van der Waals surface area contributed by atoms with Gasteiger partial charge in [-0.1, -0.05) is 91.0 Å². The van der Waals surface area contributed by atoms with Gasteiger partial charge >= 0.3 is 18.3 Å². The molecule has 56 heavy (non-hydrogen) atoms. The summed E-state index contributed by atoms with van der Waals surface area (Å²) in [5.41, 5.74) is 2.45. The third-order valence-electron chi connectivity index (χ3n) is 8.37. The van der Waals surface area contributed by atoms with Gasteiger partial charge in [0.05, 0.1) is 0 Å². The molecule has 0 spiro atoms. The Morgan fingerprint density at radius 3 is 1.34 bits per heavy atom. The van der Waals surface area contributed by atoms with Crippen LogP contribution in [0.5, 0.6) is 0 Å². The second-order valence-corrected chi connectivity index (χ2v) is 12.9. The van der Waals surface area contributed by atoms with Crippen LogP contribution in [0.1, 0.15) is 68.1 Å². The molecule has 3 aromatic rings. The van der Waals surface area contributed by atoms with Crippen molar-refractivity contribution in [1.82, 2.24) is 26.6 Å². The smallest absolute Gasteiger partial charge is 0.408 e. The molecular weight excluding hydrogens is 722 g/mol. The first-order valence-corrected chi connectivity index (χ1v) is 18.8. The van der Waals surface area contributed by atoms with E-state index in [-0.39, 0.29) is 64.5 Å². The molecule has 0 aromatic heterocycles. The summed E-state index contributed by atoms with van der Waals surface area (Å²) in [4.78, 5) is 75.6. The van der Waals surface area contributed by atoms with Gasteiger partial charge in [-0.3, -0.25) is 14.4 Å². The number of rotatable bonds is 25. The van der Waals surface area contributed by atoms with E-state index < -0.39 is 48.8 Å². The molecule has 3 rings (SSSR count). The number of hydrogen-bond donors (Lipinski definition) is 6. The SMILES string of the molecule is O=C(CO)CCCNC(=O)C(CCCCNC(=O)OCc1ccccc1)NC(=O)C(CCCCNC(=O)OCc1ccccc1)NC(=O)OCc1ccccc1. The number of aliphatic hydroxyl groups excluding tert-OH is 1. The number of carbonyl (C=O) groups is 6. The predicted molar refractivity (Wildman–Crippen MR) is 207 cm³/mol. The molecule has 15 nitrogen and oxygen atoms in total. The second-order valence-electron chi connectivity index (χ2n) is 12.9. The standard InChI is InChI=1S/C41H53N5O10/c47-27-34(48)21-14-26-42-37(49)35(22-10-12-24-43-39(51)54-28-31-15-4-1-5-16-31)45-38(50)36(46-41(53)56-30-33-19-8-3-9-20-33)23-11-13-25-44-40(52)55-29-32-17-6-2-7-18-32/h1-9,15-20,35-36,47H,10-14,21-30H2,(H,42,49)(H,43,51)(H,44,52)(H,45,50)(H,46,53). The number of ketones is 1. The van der Waals surface area contributed by atoms with Crippen molar-refractivity contribution in [3.8, 4) is 0 Å². The second kappa shape index (κ2) is 26.8. The van der Waals surface area contributed by atoms with E-state index in [9.17, 15) is 28.8 Å². The van der Waals surface area contributed by atoms with E-state index in [1.54, 1.807) is 12.1 Å². The first-order valence-electron chi connectivity index (χ1n) is 18.8. The molecule has 0 heterocycles. The molecule has 3 aromatic carbocycles. The lowest BCUT2D eigenvalue weighted by atomic mass is 10.1. The Balaban J connectivity index is 1.55. The van der Waals surface area contributed by atoms with Gasteiger partial charge in [-0.15, -0.1) is 0 Å². The van der Waals surface area contributed by atoms with Crippen molar-refractivity contribution in [3.63, 3.8) is 0 Å². The highest BCUT2D eigenvalue weighted by atomic mass is 16.6. The van der Waals surface area contributed by atoms with E-state index in [0.29, 0.717) is 32.1 Å². The summed E-state index contributed by atoms with van der Waals surface area (Å²) in [6, 6.07) is 25.4. The first kappa shape index (κ1) is 44.4. The summed E-state index contributed by atoms with van der Waals surface area (Å²) in [6.07, 6.45) is 0.538. The zero-order valence-electron chi connectivity index (χ0n) is 31.5. The molecule has 2 atom stereocenters. The van der Waals surface area contributed by atoms with E-state index in [4.69, 9.17) is 19.3 Å². The lowest BCUT2D eigenvalue weighted by molar-refractivity contribution is -0.130. The Morgan fingerprint density at radius 2 is 0.893 bits per heavy atom. The number of aliphatic hydroxyl groups is 1. The Hall–Kier alpha value is -5.96. The van der Waals surface area contributed by atoms with Crippen molar-refractivity contribution in [2.45, 2.75) is 83.3 Å². The Kier molecular flexibility index (Phi) is 21.2. The van der Waals surface area contributed by atoms with Gasteiger partial charge in [0.25, 0.3) is 0 Å². The van der Waals surface area contributed by atoms with Crippen molar-refractivity contribution in [2.75, 3.05) is 26.2 Å². The quantitative estimate of drug-likeness (QED) is 0.0527. The molecule has 0 aliphatic heterocycles. The lowest BCUT2D eigenvalue weighted by Gasteiger charge is -2.23. The van der Waals surface area contributed by atoms with Gasteiger partial charge in [-0.2, -0.15) is 0 Å². The molecule has 302 valence electrons. The van der Waals surface area contributed by atoms with Crippen LogP contribution in [0.4, 0.5) is 14.4 Å². The number of carbonyl (C=O) groups excluding carboxylic acids is 6. The minimum absolute atomic E-state index is 0.0202. The van der Waals surface area contributed by atoms with Crippen LogP contribution in [0.25, 0.3) is 0 Å². The third-order valence-corrected chi connectivity index (χ3v) is 8.37. The molecule has 0 bridgehead atoms. The Bertz CT molecular complexity index is 1630. The minimum Gasteiger partial charge on any atom is -0.445 e. The molecule has 0 saturated heterocycles. The summed E-state index contributed by atoms with van der Waals surface area (Å²) in [7, 11) is 0. The highest BCUT2D eigenvalue weighted by molar-refractivity contribution is 5.91. The van der Waals surface area contributed by atoms with Crippen molar-refractivity contribution < 1.29 is 48.1 Å². The largest absolute Gasteiger partial charge is 0.445 e. The zero-order valence-corrected chi connectivity index (χ0v) is 31.5. The lowest BCUT2D eigenvalue weighted by Crippen LogP contribution is -2.54. The van der Waals surface area contributed by atoms with Gasteiger partial charge in [-0.25, -0.2) is 14.4 Å². The summed E-state index contributed by atoms with van der Waals surface area (Å²) in [6.45, 7) is 0.308. The summed E-state index contributed by atoms with van der Waals surface area (Å²) >= 11 is 0. The number of benzene rings is 3. The Labute approximate surface area is 327 Å². The highest BCUT2D eigenvalue weighted by Crippen LogP contribution is 2.08. The van der Waals surface area contributed by atoms with Gasteiger partial charge < -0.3 is 45.9 Å². The average Bonchev–Trinajstić information content (AvgIpc) is 3.22. The van der Waals surface area contributed by atoms with Crippen LogP contribution in [0.2, 0.25) is 0 Å². The van der Waals surface area contributed by atoms with Crippen molar-refractivity contribution in [3.05, 3.63) is 108 Å². The molecule has 15 heteroatoms. The van der Waals surface area contributed by atoms with Gasteiger partial charge in [0, 0.05) is 26.1 Å². The van der Waals surface area contributed by atoms with Crippen molar-refractivity contribution in [2.24, 2.45) is 0 Å². The number of alkyl carbamates (subject to hydrolysis) is 3. The number of amides is 5. The van der Waals surface area contributed by atoms with Gasteiger partial charge in [-0.05, 0) is 61.6 Å². The van der Waals surface area contributed by atoms with E-state index in [0.717, 1.165) is 16.7 Å². The van der Waals surface area contributed by atoms with E-state index in [1.165, 1.54) is 0 Å². The molecule has 0 aliphatic carbocycles. The Morgan fingerprint density at radius 1 is 0.482 bits per heavy atom. The number of unbranched alkanes of at least 4 members (excludes halogenated alkanes) is 2. The molecule has 0 aliphatic rings. The molecule has 5 amide bonds. The molecule has 0 fully saturated rings. The highest BCUT2D eigenvalue weighted by Gasteiger charge is 2.27. The van der Waals surface area contributed by atoms with Crippen molar-refractivity contribution >= 4 is 35.9 Å². The number of Topliss-reactive ketones (excluding diaryl/α,β-unsaturated/α-hetero) is 1. The third kappa shape index (κ3) is 19.4. The van der Waals surface area contributed by atoms with Crippen LogP contribution in [-0.2, 0) is 48.4 Å². The van der Waals surface area contributed by atoms with Crippen molar-refractivity contribution in [1.29, 1.82) is 0 Å². The maximum absolute atomic E-state index is 13.7. The number of nitrogens with one attached hydrogen (secondary N) is 5. The first-order chi connectivity index (χ1) is 27.2. The fourth-order valence-electron chi connectivity index (χ4n) is 5.29. The van der Waals surface area contributed by atoms with Crippen LogP contribution < -0.4 is 26.6 Å². The number of ether oxygens (including phenoxy) is 3. The fourth-order valence-corrected chi connectivity index (χ4v) is 5.29. The molecule has 0 saturated carbocycles. The van der Waals surface area contributed by atoms with Crippen LogP contribution >= 0.6 is 0 Å². The van der Waals surface area contributed by atoms with Gasteiger partial charge in [0.1, 0.15) is 38.5 Å². The topological polar surface area (TPSA) is 210 Å².